The van der Waals surface area contributed by atoms with Crippen molar-refractivity contribution < 1.29 is 4.79 Å². The van der Waals surface area contributed by atoms with E-state index in [4.69, 9.17) is 0 Å². The highest BCUT2D eigenvalue weighted by atomic mass is 32.1. The Balaban J connectivity index is 1.73. The molecule has 0 unspecified atom stereocenters. The number of nitrogens with zero attached hydrogens (tertiary/aromatic N) is 2. The van der Waals surface area contributed by atoms with E-state index in [9.17, 15) is 9.59 Å². The third kappa shape index (κ3) is 3.38. The zero-order chi connectivity index (χ0) is 16.4. The van der Waals surface area contributed by atoms with Gasteiger partial charge in [-0.2, -0.15) is 16.4 Å². The molecule has 6 nitrogen and oxygen atoms in total. The Hall–Kier alpha value is -2.32. The Morgan fingerprint density at radius 2 is 2.30 bits per heavy atom. The average molecular weight is 346 g/mol. The van der Waals surface area contributed by atoms with Crippen molar-refractivity contribution in [2.75, 3.05) is 0 Å². The van der Waals surface area contributed by atoms with Gasteiger partial charge >= 0.3 is 0 Å². The Bertz CT molecular complexity index is 938. The monoisotopic (exact) mass is 346 g/mol. The SMILES string of the molecule is Cc1sc2nc(CC(=O)N/N=C/c3ccsc3)[nH]c(=O)c2c1C. The second-order valence-corrected chi connectivity index (χ2v) is 6.99. The number of carbonyl (C=O) groups excluding carboxylic acids is 1. The van der Waals surface area contributed by atoms with Crippen LogP contribution in [0.15, 0.2) is 26.7 Å². The van der Waals surface area contributed by atoms with Crippen LogP contribution in [0.3, 0.4) is 0 Å². The number of fused-ring (bicyclic) bond motifs is 1. The van der Waals surface area contributed by atoms with E-state index >= 15 is 0 Å². The molecule has 0 aromatic carbocycles. The predicted octanol–water partition coefficient (Wildman–Crippen LogP) is 2.36. The fourth-order valence-electron chi connectivity index (χ4n) is 2.10. The van der Waals surface area contributed by atoms with Gasteiger partial charge < -0.3 is 4.98 Å². The lowest BCUT2D eigenvalue weighted by molar-refractivity contribution is -0.120. The number of nitrogens with one attached hydrogen (secondary N) is 2. The molecule has 0 radical (unpaired) electrons. The number of aryl methyl sites for hydroxylation is 2. The number of H-pyrrole nitrogens is 1. The predicted molar refractivity (Wildman–Crippen MR) is 93.5 cm³/mol. The summed E-state index contributed by atoms with van der Waals surface area (Å²) >= 11 is 3.01. The first-order chi connectivity index (χ1) is 11.0. The van der Waals surface area contributed by atoms with Crippen molar-refractivity contribution in [1.29, 1.82) is 0 Å². The van der Waals surface area contributed by atoms with Crippen LogP contribution in [0.1, 0.15) is 21.8 Å². The molecule has 2 N–H and O–H groups in total. The van der Waals surface area contributed by atoms with Gasteiger partial charge in [0.15, 0.2) is 0 Å². The van der Waals surface area contributed by atoms with Gasteiger partial charge in [0, 0.05) is 10.4 Å². The molecule has 3 aromatic rings. The maximum absolute atomic E-state index is 12.1. The van der Waals surface area contributed by atoms with Gasteiger partial charge in [0.05, 0.1) is 18.0 Å². The number of hydrazone groups is 1. The Morgan fingerprint density at radius 3 is 3.04 bits per heavy atom. The summed E-state index contributed by atoms with van der Waals surface area (Å²) in [6.45, 7) is 3.85. The Labute approximate surface area is 139 Å². The van der Waals surface area contributed by atoms with Gasteiger partial charge in [-0.1, -0.05) is 0 Å². The minimum atomic E-state index is -0.330. The lowest BCUT2D eigenvalue weighted by atomic mass is 10.2. The summed E-state index contributed by atoms with van der Waals surface area (Å²) in [5.74, 6) is 0.0102. The lowest BCUT2D eigenvalue weighted by Crippen LogP contribution is -2.23. The van der Waals surface area contributed by atoms with Gasteiger partial charge in [0.1, 0.15) is 10.7 Å². The first kappa shape index (κ1) is 15.6. The van der Waals surface area contributed by atoms with Gasteiger partial charge in [-0.15, -0.1) is 11.3 Å². The first-order valence-corrected chi connectivity index (χ1v) is 8.63. The maximum atomic E-state index is 12.1. The van der Waals surface area contributed by atoms with E-state index in [-0.39, 0.29) is 17.9 Å². The Morgan fingerprint density at radius 1 is 1.48 bits per heavy atom. The summed E-state index contributed by atoms with van der Waals surface area (Å²) in [4.78, 5) is 32.8. The van der Waals surface area contributed by atoms with E-state index in [1.54, 1.807) is 17.6 Å². The van der Waals surface area contributed by atoms with Crippen molar-refractivity contribution in [3.63, 3.8) is 0 Å². The molecule has 0 aliphatic heterocycles. The summed E-state index contributed by atoms with van der Waals surface area (Å²) < 4.78 is 0. The number of aromatic nitrogens is 2. The molecule has 3 rings (SSSR count). The highest BCUT2D eigenvalue weighted by Crippen LogP contribution is 2.25. The quantitative estimate of drug-likeness (QED) is 0.561. The topological polar surface area (TPSA) is 87.2 Å². The molecule has 0 bridgehead atoms. The molecule has 0 spiro atoms. The number of hydrogen-bond acceptors (Lipinski definition) is 6. The number of carbonyl (C=O) groups is 1. The summed E-state index contributed by atoms with van der Waals surface area (Å²) in [5.41, 5.74) is 4.09. The molecule has 0 fully saturated rings. The van der Waals surface area contributed by atoms with E-state index in [0.29, 0.717) is 16.0 Å². The van der Waals surface area contributed by atoms with Crippen LogP contribution in [0.2, 0.25) is 0 Å². The summed E-state index contributed by atoms with van der Waals surface area (Å²) in [6, 6.07) is 1.90. The van der Waals surface area contributed by atoms with Gasteiger partial charge in [0.2, 0.25) is 5.91 Å². The minimum absolute atomic E-state index is 0.0256. The van der Waals surface area contributed by atoms with Crippen LogP contribution >= 0.6 is 22.7 Å². The third-order valence-corrected chi connectivity index (χ3v) is 5.16. The first-order valence-electron chi connectivity index (χ1n) is 6.87. The van der Waals surface area contributed by atoms with Crippen molar-refractivity contribution in [3.05, 3.63) is 49.0 Å². The Kier molecular flexibility index (Phi) is 4.35. The number of amides is 1. The fourth-order valence-corrected chi connectivity index (χ4v) is 3.76. The zero-order valence-corrected chi connectivity index (χ0v) is 14.2. The molecule has 23 heavy (non-hydrogen) atoms. The zero-order valence-electron chi connectivity index (χ0n) is 12.5. The van der Waals surface area contributed by atoms with Crippen molar-refractivity contribution >= 4 is 45.0 Å². The standard InChI is InChI=1S/C15H14N4O2S2/c1-8-9(2)23-15-13(8)14(21)17-11(18-15)5-12(20)19-16-6-10-3-4-22-7-10/h3-4,6-7H,5H2,1-2H3,(H,19,20)(H,17,18,21)/b16-6+. The molecule has 0 aliphatic carbocycles. The van der Waals surface area contributed by atoms with E-state index in [1.807, 2.05) is 30.7 Å². The highest BCUT2D eigenvalue weighted by molar-refractivity contribution is 7.18. The molecule has 8 heteroatoms. The van der Waals surface area contributed by atoms with E-state index in [1.165, 1.54) is 11.3 Å². The normalized spacial score (nSPS) is 11.4. The summed E-state index contributed by atoms with van der Waals surface area (Å²) in [5, 5.41) is 8.33. The van der Waals surface area contributed by atoms with E-state index in [2.05, 4.69) is 20.5 Å². The number of rotatable bonds is 4. The summed E-state index contributed by atoms with van der Waals surface area (Å²) in [6.07, 6.45) is 1.54. The molecule has 118 valence electrons. The van der Waals surface area contributed by atoms with E-state index in [0.717, 1.165) is 16.0 Å². The molecule has 0 saturated carbocycles. The van der Waals surface area contributed by atoms with Crippen LogP contribution in [-0.4, -0.2) is 22.1 Å². The molecular weight excluding hydrogens is 332 g/mol. The highest BCUT2D eigenvalue weighted by Gasteiger charge is 2.13. The van der Waals surface area contributed by atoms with Crippen molar-refractivity contribution in [2.45, 2.75) is 20.3 Å². The largest absolute Gasteiger partial charge is 0.309 e. The second-order valence-electron chi connectivity index (χ2n) is 5.00. The molecule has 0 atom stereocenters. The van der Waals surface area contributed by atoms with Crippen molar-refractivity contribution in [3.8, 4) is 0 Å². The van der Waals surface area contributed by atoms with Crippen molar-refractivity contribution in [1.82, 2.24) is 15.4 Å². The fraction of sp³-hybridized carbons (Fsp3) is 0.200. The minimum Gasteiger partial charge on any atom is -0.309 e. The second kappa shape index (κ2) is 6.43. The lowest BCUT2D eigenvalue weighted by Gasteiger charge is -2.00. The van der Waals surface area contributed by atoms with Gasteiger partial charge in [-0.05, 0) is 36.2 Å². The van der Waals surface area contributed by atoms with Crippen LogP contribution in [0.5, 0.6) is 0 Å². The van der Waals surface area contributed by atoms with Crippen LogP contribution in [0, 0.1) is 13.8 Å². The van der Waals surface area contributed by atoms with Crippen LogP contribution in [0.4, 0.5) is 0 Å². The molecule has 0 saturated heterocycles. The van der Waals surface area contributed by atoms with Gasteiger partial charge in [-0.3, -0.25) is 9.59 Å². The van der Waals surface area contributed by atoms with Crippen molar-refractivity contribution in [2.24, 2.45) is 5.10 Å². The number of hydrogen-bond donors (Lipinski definition) is 2. The molecular formula is C15H14N4O2S2. The van der Waals surface area contributed by atoms with Crippen LogP contribution in [0.25, 0.3) is 10.2 Å². The maximum Gasteiger partial charge on any atom is 0.259 e. The summed E-state index contributed by atoms with van der Waals surface area (Å²) in [7, 11) is 0. The molecule has 3 heterocycles. The van der Waals surface area contributed by atoms with Crippen LogP contribution < -0.4 is 11.0 Å². The molecule has 3 aromatic heterocycles. The number of aromatic amines is 1. The van der Waals surface area contributed by atoms with Crippen LogP contribution in [-0.2, 0) is 11.2 Å². The van der Waals surface area contributed by atoms with Gasteiger partial charge in [-0.25, -0.2) is 10.4 Å². The van der Waals surface area contributed by atoms with Gasteiger partial charge in [0.25, 0.3) is 5.56 Å². The third-order valence-electron chi connectivity index (χ3n) is 3.36. The average Bonchev–Trinajstić information content (AvgIpc) is 3.08. The molecule has 1 amide bonds. The van der Waals surface area contributed by atoms with E-state index < -0.39 is 0 Å². The molecule has 0 aliphatic rings. The smallest absolute Gasteiger partial charge is 0.259 e. The number of thiophene rings is 2.